The number of hydrogen-bond acceptors (Lipinski definition) is 7. The Morgan fingerprint density at radius 2 is 2.04 bits per heavy atom. The molecule has 1 amide bonds. The molecule has 0 saturated carbocycles. The maximum Gasteiger partial charge on any atom is 0.264 e. The lowest BCUT2D eigenvalue weighted by Gasteiger charge is -2.32. The van der Waals surface area contributed by atoms with Crippen LogP contribution < -0.4 is 10.2 Å². The van der Waals surface area contributed by atoms with Crippen LogP contribution in [-0.4, -0.2) is 46.8 Å². The maximum atomic E-state index is 12.5. The standard InChI is InChI=1S/C17H18ClN5O2S/c18-15-3-2-14(26-15)12-10-13(25-22-12)16(24)21-11-4-8-23(9-5-11)17-19-6-1-7-20-17/h1-3,6-7,11,13H,4-5,8-10H2,(H,21,24). The van der Waals surface area contributed by atoms with E-state index in [0.29, 0.717) is 10.8 Å². The number of carbonyl (C=O) groups excluding carboxylic acids is 1. The molecule has 0 bridgehead atoms. The van der Waals surface area contributed by atoms with E-state index in [4.69, 9.17) is 16.4 Å². The van der Waals surface area contributed by atoms with E-state index in [1.54, 1.807) is 18.5 Å². The molecule has 0 aliphatic carbocycles. The molecule has 2 aliphatic heterocycles. The van der Waals surface area contributed by atoms with Gasteiger partial charge in [-0.15, -0.1) is 11.3 Å². The van der Waals surface area contributed by atoms with Gasteiger partial charge in [-0.3, -0.25) is 4.79 Å². The Balaban J connectivity index is 1.26. The van der Waals surface area contributed by atoms with Crippen LogP contribution in [-0.2, 0) is 9.63 Å². The van der Waals surface area contributed by atoms with Gasteiger partial charge in [0, 0.05) is 37.9 Å². The fraction of sp³-hybridized carbons (Fsp3) is 0.412. The van der Waals surface area contributed by atoms with Crippen LogP contribution in [0.4, 0.5) is 5.95 Å². The van der Waals surface area contributed by atoms with Crippen molar-refractivity contribution in [3.63, 3.8) is 0 Å². The van der Waals surface area contributed by atoms with E-state index in [0.717, 1.165) is 42.5 Å². The molecule has 136 valence electrons. The highest BCUT2D eigenvalue weighted by molar-refractivity contribution is 7.18. The topological polar surface area (TPSA) is 79.7 Å². The van der Waals surface area contributed by atoms with Gasteiger partial charge in [-0.1, -0.05) is 16.8 Å². The smallest absolute Gasteiger partial charge is 0.264 e. The fourth-order valence-electron chi connectivity index (χ4n) is 3.11. The molecule has 0 spiro atoms. The van der Waals surface area contributed by atoms with Crippen molar-refractivity contribution in [2.24, 2.45) is 5.16 Å². The van der Waals surface area contributed by atoms with Crippen molar-refractivity contribution in [1.82, 2.24) is 15.3 Å². The lowest BCUT2D eigenvalue weighted by molar-refractivity contribution is -0.132. The summed E-state index contributed by atoms with van der Waals surface area (Å²) in [5, 5.41) is 7.13. The van der Waals surface area contributed by atoms with Gasteiger partial charge >= 0.3 is 0 Å². The molecule has 1 fully saturated rings. The highest BCUT2D eigenvalue weighted by atomic mass is 35.5. The highest BCUT2D eigenvalue weighted by Crippen LogP contribution is 2.26. The van der Waals surface area contributed by atoms with Crippen molar-refractivity contribution < 1.29 is 9.63 Å². The summed E-state index contributed by atoms with van der Waals surface area (Å²) in [6, 6.07) is 5.66. The lowest BCUT2D eigenvalue weighted by atomic mass is 10.0. The van der Waals surface area contributed by atoms with E-state index < -0.39 is 6.10 Å². The number of oxime groups is 1. The third kappa shape index (κ3) is 3.81. The number of amides is 1. The molecular weight excluding hydrogens is 374 g/mol. The van der Waals surface area contributed by atoms with Crippen LogP contribution in [0.5, 0.6) is 0 Å². The monoisotopic (exact) mass is 391 g/mol. The van der Waals surface area contributed by atoms with E-state index in [2.05, 4.69) is 25.3 Å². The quantitative estimate of drug-likeness (QED) is 0.866. The molecule has 1 saturated heterocycles. The second kappa shape index (κ2) is 7.59. The molecule has 1 unspecified atom stereocenters. The molecule has 1 N–H and O–H groups in total. The normalized spacial score (nSPS) is 20.6. The van der Waals surface area contributed by atoms with Gasteiger partial charge in [-0.05, 0) is 31.0 Å². The molecule has 4 rings (SSSR count). The van der Waals surface area contributed by atoms with Crippen LogP contribution in [0.25, 0.3) is 0 Å². The second-order valence-electron chi connectivity index (χ2n) is 6.26. The Hall–Kier alpha value is -2.19. The van der Waals surface area contributed by atoms with Crippen molar-refractivity contribution in [3.05, 3.63) is 39.8 Å². The van der Waals surface area contributed by atoms with Crippen LogP contribution in [0.1, 0.15) is 24.1 Å². The summed E-state index contributed by atoms with van der Waals surface area (Å²) in [6.07, 6.45) is 5.09. The Morgan fingerprint density at radius 1 is 1.27 bits per heavy atom. The predicted molar refractivity (Wildman–Crippen MR) is 101 cm³/mol. The predicted octanol–water partition coefficient (Wildman–Crippen LogP) is 2.47. The van der Waals surface area contributed by atoms with Crippen molar-refractivity contribution in [1.29, 1.82) is 0 Å². The van der Waals surface area contributed by atoms with E-state index in [1.807, 2.05) is 12.1 Å². The molecule has 2 aromatic rings. The van der Waals surface area contributed by atoms with Gasteiger partial charge < -0.3 is 15.1 Å². The zero-order valence-electron chi connectivity index (χ0n) is 14.0. The first kappa shape index (κ1) is 17.2. The van der Waals surface area contributed by atoms with Crippen LogP contribution in [0, 0.1) is 0 Å². The summed E-state index contributed by atoms with van der Waals surface area (Å²) in [5.74, 6) is 0.630. The van der Waals surface area contributed by atoms with Crippen LogP contribution in [0.2, 0.25) is 4.34 Å². The van der Waals surface area contributed by atoms with Gasteiger partial charge in [0.2, 0.25) is 12.1 Å². The zero-order chi connectivity index (χ0) is 17.9. The number of halogens is 1. The minimum Gasteiger partial charge on any atom is -0.382 e. The van der Waals surface area contributed by atoms with Crippen LogP contribution >= 0.6 is 22.9 Å². The molecular formula is C17H18ClN5O2S. The molecule has 0 radical (unpaired) electrons. The van der Waals surface area contributed by atoms with E-state index in [1.165, 1.54) is 11.3 Å². The summed E-state index contributed by atoms with van der Waals surface area (Å²) < 4.78 is 0.699. The van der Waals surface area contributed by atoms with Crippen LogP contribution in [0.3, 0.4) is 0 Å². The van der Waals surface area contributed by atoms with Crippen molar-refractivity contribution >= 4 is 40.5 Å². The number of carbonyl (C=O) groups is 1. The highest BCUT2D eigenvalue weighted by Gasteiger charge is 2.31. The lowest BCUT2D eigenvalue weighted by Crippen LogP contribution is -2.48. The minimum absolute atomic E-state index is 0.110. The number of nitrogens with zero attached hydrogens (tertiary/aromatic N) is 4. The van der Waals surface area contributed by atoms with Crippen molar-refractivity contribution in [2.75, 3.05) is 18.0 Å². The largest absolute Gasteiger partial charge is 0.382 e. The molecule has 4 heterocycles. The first-order valence-corrected chi connectivity index (χ1v) is 9.69. The summed E-state index contributed by atoms with van der Waals surface area (Å²) in [5.41, 5.74) is 0.776. The van der Waals surface area contributed by atoms with Gasteiger partial charge in [-0.25, -0.2) is 9.97 Å². The maximum absolute atomic E-state index is 12.5. The Morgan fingerprint density at radius 3 is 2.73 bits per heavy atom. The van der Waals surface area contributed by atoms with Gasteiger partial charge in [0.1, 0.15) is 5.71 Å². The molecule has 1 atom stereocenters. The van der Waals surface area contributed by atoms with Gasteiger partial charge in [0.15, 0.2) is 0 Å². The average molecular weight is 392 g/mol. The van der Waals surface area contributed by atoms with Crippen molar-refractivity contribution in [3.8, 4) is 0 Å². The zero-order valence-corrected chi connectivity index (χ0v) is 15.5. The Labute approximate surface area is 160 Å². The molecule has 0 aromatic carbocycles. The van der Waals surface area contributed by atoms with Gasteiger partial charge in [0.25, 0.3) is 5.91 Å². The number of piperidine rings is 1. The molecule has 26 heavy (non-hydrogen) atoms. The first-order chi connectivity index (χ1) is 12.7. The van der Waals surface area contributed by atoms with Gasteiger partial charge in [0.05, 0.1) is 9.21 Å². The molecule has 7 nitrogen and oxygen atoms in total. The summed E-state index contributed by atoms with van der Waals surface area (Å²) in [7, 11) is 0. The molecule has 2 aromatic heterocycles. The van der Waals surface area contributed by atoms with Crippen molar-refractivity contribution in [2.45, 2.75) is 31.4 Å². The number of anilines is 1. The van der Waals surface area contributed by atoms with E-state index in [-0.39, 0.29) is 11.9 Å². The summed E-state index contributed by atoms with van der Waals surface area (Å²) in [4.78, 5) is 29.4. The average Bonchev–Trinajstić information content (AvgIpc) is 3.32. The summed E-state index contributed by atoms with van der Waals surface area (Å²) in [6.45, 7) is 1.63. The number of thiophene rings is 1. The third-order valence-electron chi connectivity index (χ3n) is 4.50. The Bertz CT molecular complexity index is 804. The SMILES string of the molecule is O=C(NC1CCN(c2ncccn2)CC1)C1CC(c2ccc(Cl)s2)=NO1. The third-order valence-corrected chi connectivity index (χ3v) is 5.78. The van der Waals surface area contributed by atoms with E-state index >= 15 is 0 Å². The number of nitrogens with one attached hydrogen (secondary N) is 1. The van der Waals surface area contributed by atoms with Gasteiger partial charge in [-0.2, -0.15) is 0 Å². The summed E-state index contributed by atoms with van der Waals surface area (Å²) >= 11 is 7.39. The molecule has 9 heteroatoms. The second-order valence-corrected chi connectivity index (χ2v) is 7.97. The number of aromatic nitrogens is 2. The molecule has 2 aliphatic rings. The number of hydrogen-bond donors (Lipinski definition) is 1. The Kier molecular flexibility index (Phi) is 5.03. The first-order valence-electron chi connectivity index (χ1n) is 8.50. The number of rotatable bonds is 4. The van der Waals surface area contributed by atoms with Crippen LogP contribution in [0.15, 0.2) is 35.7 Å². The van der Waals surface area contributed by atoms with E-state index in [9.17, 15) is 4.79 Å². The minimum atomic E-state index is -0.568. The fourth-order valence-corrected chi connectivity index (χ4v) is 4.14.